The molecule has 1 N–H and O–H groups in total. The highest BCUT2D eigenvalue weighted by molar-refractivity contribution is 6.03. The summed E-state index contributed by atoms with van der Waals surface area (Å²) in [5, 5.41) is 8.76. The van der Waals surface area contributed by atoms with Crippen LogP contribution < -0.4 is 0 Å². The second kappa shape index (κ2) is 4.12. The molecule has 0 amide bonds. The van der Waals surface area contributed by atoms with Gasteiger partial charge < -0.3 is 9.84 Å². The predicted molar refractivity (Wildman–Crippen MR) is 45.4 cm³/mol. The van der Waals surface area contributed by atoms with E-state index in [4.69, 9.17) is 5.11 Å². The normalized spacial score (nSPS) is 28.9. The summed E-state index contributed by atoms with van der Waals surface area (Å²) in [6.45, 7) is 1.79. The monoisotopic (exact) mass is 222 g/mol. The topological polar surface area (TPSA) is 63.6 Å². The van der Waals surface area contributed by atoms with E-state index >= 15 is 0 Å². The highest BCUT2D eigenvalue weighted by Crippen LogP contribution is 2.56. The molecular formula is C9H12F2O4. The van der Waals surface area contributed by atoms with Crippen molar-refractivity contribution in [2.45, 2.75) is 26.2 Å². The van der Waals surface area contributed by atoms with Crippen LogP contribution in [0.1, 0.15) is 19.8 Å². The molecule has 0 aliphatic heterocycles. The van der Waals surface area contributed by atoms with E-state index in [1.807, 2.05) is 0 Å². The average molecular weight is 222 g/mol. The molecule has 0 bridgehead atoms. The van der Waals surface area contributed by atoms with Crippen molar-refractivity contribution in [3.05, 3.63) is 0 Å². The lowest BCUT2D eigenvalue weighted by molar-refractivity contribution is -0.163. The summed E-state index contributed by atoms with van der Waals surface area (Å²) >= 11 is 0. The van der Waals surface area contributed by atoms with Crippen LogP contribution >= 0.6 is 0 Å². The standard InChI is InChI=1S/C9H12F2O4/c1-2-3-15-8(14)9(7(12)13)4-5(9)6(10)11/h5-6H,2-4H2,1H3,(H,12,13)/t5?,9-/m1/s1. The first-order valence-corrected chi connectivity index (χ1v) is 4.65. The first-order valence-electron chi connectivity index (χ1n) is 4.65. The van der Waals surface area contributed by atoms with Crippen LogP contribution in [-0.4, -0.2) is 30.1 Å². The van der Waals surface area contributed by atoms with Crippen molar-refractivity contribution >= 4 is 11.9 Å². The van der Waals surface area contributed by atoms with Gasteiger partial charge in [0.05, 0.1) is 6.61 Å². The van der Waals surface area contributed by atoms with E-state index in [-0.39, 0.29) is 13.0 Å². The zero-order chi connectivity index (χ0) is 11.6. The van der Waals surface area contributed by atoms with Crippen LogP contribution in [0.3, 0.4) is 0 Å². The summed E-state index contributed by atoms with van der Waals surface area (Å²) in [6, 6.07) is 0. The lowest BCUT2D eigenvalue weighted by Crippen LogP contribution is -2.31. The number of carboxylic acid groups (broad SMARTS) is 1. The maximum absolute atomic E-state index is 12.3. The molecule has 15 heavy (non-hydrogen) atoms. The largest absolute Gasteiger partial charge is 0.480 e. The van der Waals surface area contributed by atoms with Crippen LogP contribution in [0.25, 0.3) is 0 Å². The first-order chi connectivity index (χ1) is 6.96. The molecule has 0 radical (unpaired) electrons. The number of carboxylic acids is 1. The Bertz CT molecular complexity index is 279. The number of carbonyl (C=O) groups is 2. The second-order valence-electron chi connectivity index (χ2n) is 3.56. The molecule has 1 aliphatic carbocycles. The molecule has 0 aromatic rings. The van der Waals surface area contributed by atoms with E-state index in [0.29, 0.717) is 6.42 Å². The van der Waals surface area contributed by atoms with E-state index < -0.39 is 29.7 Å². The summed E-state index contributed by atoms with van der Waals surface area (Å²) in [5.74, 6) is -3.96. The maximum atomic E-state index is 12.3. The van der Waals surface area contributed by atoms with Gasteiger partial charge in [-0.25, -0.2) is 8.78 Å². The fourth-order valence-electron chi connectivity index (χ4n) is 1.48. The molecule has 1 saturated carbocycles. The van der Waals surface area contributed by atoms with Gasteiger partial charge in [0, 0.05) is 5.92 Å². The number of esters is 1. The summed E-state index contributed by atoms with van der Waals surface area (Å²) in [5.41, 5.74) is -2.00. The highest BCUT2D eigenvalue weighted by atomic mass is 19.3. The van der Waals surface area contributed by atoms with Crippen molar-refractivity contribution in [2.75, 3.05) is 6.61 Å². The Morgan fingerprint density at radius 1 is 1.60 bits per heavy atom. The molecule has 1 aliphatic rings. The van der Waals surface area contributed by atoms with Crippen molar-refractivity contribution in [2.24, 2.45) is 11.3 Å². The molecule has 2 atom stereocenters. The minimum atomic E-state index is -2.80. The molecule has 0 saturated heterocycles. The van der Waals surface area contributed by atoms with Gasteiger partial charge in [-0.15, -0.1) is 0 Å². The summed E-state index contributed by atoms with van der Waals surface area (Å²) in [7, 11) is 0. The Hall–Kier alpha value is -1.20. The molecule has 0 aromatic carbocycles. The number of aliphatic carboxylic acids is 1. The minimum Gasteiger partial charge on any atom is -0.480 e. The van der Waals surface area contributed by atoms with Gasteiger partial charge in [0.1, 0.15) is 0 Å². The predicted octanol–water partition coefficient (Wildman–Crippen LogP) is 1.30. The van der Waals surface area contributed by atoms with Crippen molar-refractivity contribution in [1.82, 2.24) is 0 Å². The van der Waals surface area contributed by atoms with Crippen LogP contribution in [0.15, 0.2) is 0 Å². The minimum absolute atomic E-state index is 0.0593. The maximum Gasteiger partial charge on any atom is 0.324 e. The molecular weight excluding hydrogens is 210 g/mol. The molecule has 0 heterocycles. The lowest BCUT2D eigenvalue weighted by atomic mass is 10.0. The number of ether oxygens (including phenoxy) is 1. The number of carbonyl (C=O) groups excluding carboxylic acids is 1. The van der Waals surface area contributed by atoms with Gasteiger partial charge in [-0.05, 0) is 12.8 Å². The molecule has 6 heteroatoms. The molecule has 86 valence electrons. The molecule has 1 rings (SSSR count). The van der Waals surface area contributed by atoms with Crippen LogP contribution in [0, 0.1) is 11.3 Å². The third kappa shape index (κ3) is 1.93. The molecule has 4 nitrogen and oxygen atoms in total. The van der Waals surface area contributed by atoms with Gasteiger partial charge in [-0.1, -0.05) is 6.92 Å². The van der Waals surface area contributed by atoms with E-state index in [0.717, 1.165) is 0 Å². The van der Waals surface area contributed by atoms with Crippen molar-refractivity contribution in [3.63, 3.8) is 0 Å². The summed E-state index contributed by atoms with van der Waals surface area (Å²) in [4.78, 5) is 22.1. The highest BCUT2D eigenvalue weighted by Gasteiger charge is 2.71. The Morgan fingerprint density at radius 3 is 2.53 bits per heavy atom. The van der Waals surface area contributed by atoms with Crippen LogP contribution in [-0.2, 0) is 14.3 Å². The van der Waals surface area contributed by atoms with Crippen LogP contribution in [0.5, 0.6) is 0 Å². The number of hydrogen-bond donors (Lipinski definition) is 1. The molecule has 1 unspecified atom stereocenters. The Kier molecular flexibility index (Phi) is 3.26. The number of alkyl halides is 2. The fraction of sp³-hybridized carbons (Fsp3) is 0.778. The van der Waals surface area contributed by atoms with E-state index in [1.165, 1.54) is 0 Å². The van der Waals surface area contributed by atoms with Gasteiger partial charge in [-0.3, -0.25) is 9.59 Å². The second-order valence-corrected chi connectivity index (χ2v) is 3.56. The summed E-state index contributed by atoms with van der Waals surface area (Å²) in [6.07, 6.45) is -2.60. The van der Waals surface area contributed by atoms with Crippen molar-refractivity contribution < 1.29 is 28.2 Å². The van der Waals surface area contributed by atoms with Crippen molar-refractivity contribution in [1.29, 1.82) is 0 Å². The Morgan fingerprint density at radius 2 is 2.20 bits per heavy atom. The number of rotatable bonds is 5. The third-order valence-corrected chi connectivity index (χ3v) is 2.50. The lowest BCUT2D eigenvalue weighted by Gasteiger charge is -2.11. The molecule has 1 fully saturated rings. The van der Waals surface area contributed by atoms with Crippen LogP contribution in [0.4, 0.5) is 8.78 Å². The van der Waals surface area contributed by atoms with Crippen LogP contribution in [0.2, 0.25) is 0 Å². The Labute approximate surface area is 85.2 Å². The van der Waals surface area contributed by atoms with Gasteiger partial charge in [0.15, 0.2) is 5.41 Å². The van der Waals surface area contributed by atoms with Gasteiger partial charge in [0.2, 0.25) is 6.43 Å². The van der Waals surface area contributed by atoms with Gasteiger partial charge >= 0.3 is 11.9 Å². The zero-order valence-corrected chi connectivity index (χ0v) is 8.20. The van der Waals surface area contributed by atoms with E-state index in [2.05, 4.69) is 4.74 Å². The molecule has 0 spiro atoms. The van der Waals surface area contributed by atoms with Crippen molar-refractivity contribution in [3.8, 4) is 0 Å². The quantitative estimate of drug-likeness (QED) is 0.562. The number of hydrogen-bond acceptors (Lipinski definition) is 3. The number of halogens is 2. The average Bonchev–Trinajstić information content (AvgIpc) is 2.90. The van der Waals surface area contributed by atoms with Gasteiger partial charge in [0.25, 0.3) is 0 Å². The first kappa shape index (κ1) is 11.9. The third-order valence-electron chi connectivity index (χ3n) is 2.50. The zero-order valence-electron chi connectivity index (χ0n) is 8.20. The van der Waals surface area contributed by atoms with E-state index in [9.17, 15) is 18.4 Å². The van der Waals surface area contributed by atoms with Gasteiger partial charge in [-0.2, -0.15) is 0 Å². The van der Waals surface area contributed by atoms with E-state index in [1.54, 1.807) is 6.92 Å². The summed E-state index contributed by atoms with van der Waals surface area (Å²) < 4.78 is 29.2. The SMILES string of the molecule is CCCOC(=O)[C@]1(C(=O)O)CC1C(F)F. The Balaban J connectivity index is 2.70. The fourth-order valence-corrected chi connectivity index (χ4v) is 1.48. The molecule has 0 aromatic heterocycles. The smallest absolute Gasteiger partial charge is 0.324 e.